The Labute approximate surface area is 202 Å². The predicted octanol–water partition coefficient (Wildman–Crippen LogP) is 5.43. The minimum Gasteiger partial charge on any atom is -0.303 e. The molecule has 0 aliphatic rings. The molecule has 0 saturated heterocycles. The molecule has 0 spiro atoms. The number of hydrogen-bond donors (Lipinski definition) is 6. The molecule has 0 bridgehead atoms. The molecule has 200 valence electrons. The van der Waals surface area contributed by atoms with Gasteiger partial charge in [0, 0.05) is 0 Å². The molecular formula is C20H39O11P3. The number of phosphoric ester groups is 1. The van der Waals surface area contributed by atoms with Crippen molar-refractivity contribution in [2.24, 2.45) is 0 Å². The zero-order valence-corrected chi connectivity index (χ0v) is 23.0. The van der Waals surface area contributed by atoms with Crippen LogP contribution in [0, 0.1) is 0 Å². The highest BCUT2D eigenvalue weighted by Crippen LogP contribution is 2.57. The summed E-state index contributed by atoms with van der Waals surface area (Å²) in [5.41, 5.74) is 5.03. The smallest absolute Gasteiger partial charge is 0.303 e. The number of phosphoric acid groups is 3. The molecule has 0 aliphatic heterocycles. The Bertz CT molecular complexity index is 851. The summed E-state index contributed by atoms with van der Waals surface area (Å²) in [5.74, 6) is 0. The lowest BCUT2D eigenvalue weighted by atomic mass is 10.0. The average molecular weight is 548 g/mol. The van der Waals surface area contributed by atoms with E-state index in [1.807, 2.05) is 6.92 Å². The molecule has 0 aromatic rings. The highest BCUT2D eigenvalue weighted by Gasteiger charge is 2.31. The lowest BCUT2D eigenvalue weighted by molar-refractivity contribution is 0.191. The first-order valence-electron chi connectivity index (χ1n) is 10.4. The number of rotatable bonds is 14. The van der Waals surface area contributed by atoms with Crippen LogP contribution in [0.1, 0.15) is 73.1 Å². The van der Waals surface area contributed by atoms with Gasteiger partial charge in [0.05, 0.1) is 6.61 Å². The molecule has 0 rings (SSSR count). The molecule has 11 nitrogen and oxygen atoms in total. The largest absolute Gasteiger partial charge is 0.481 e. The van der Waals surface area contributed by atoms with Crippen molar-refractivity contribution < 1.29 is 51.9 Å². The van der Waals surface area contributed by atoms with E-state index < -0.39 is 23.5 Å². The van der Waals surface area contributed by atoms with Gasteiger partial charge in [-0.3, -0.25) is 4.52 Å². The van der Waals surface area contributed by atoms with E-state index in [9.17, 15) is 14.0 Å². The second-order valence-corrected chi connectivity index (χ2v) is 11.8. The Balaban J connectivity index is 0. The van der Waals surface area contributed by atoms with Gasteiger partial charge in [0.25, 0.3) is 0 Å². The van der Waals surface area contributed by atoms with Crippen LogP contribution < -0.4 is 0 Å². The van der Waals surface area contributed by atoms with Gasteiger partial charge in [-0.25, -0.2) is 13.7 Å². The quantitative estimate of drug-likeness (QED) is 0.120. The van der Waals surface area contributed by atoms with Crippen molar-refractivity contribution in [2.75, 3.05) is 6.61 Å². The Morgan fingerprint density at radius 1 is 0.647 bits per heavy atom. The molecule has 34 heavy (non-hydrogen) atoms. The topological polar surface area (TPSA) is 191 Å². The van der Waals surface area contributed by atoms with E-state index in [2.05, 4.69) is 54.8 Å². The van der Waals surface area contributed by atoms with Crippen LogP contribution in [0.2, 0.25) is 0 Å². The molecule has 0 aromatic carbocycles. The molecule has 1 unspecified atom stereocenters. The molecule has 6 N–H and O–H groups in total. The monoisotopic (exact) mass is 548 g/mol. The third-order valence-electron chi connectivity index (χ3n) is 4.03. The van der Waals surface area contributed by atoms with E-state index in [0.717, 1.165) is 44.1 Å². The van der Waals surface area contributed by atoms with Gasteiger partial charge in [0.15, 0.2) is 0 Å². The third-order valence-corrected chi connectivity index (χ3v) is 6.18. The van der Waals surface area contributed by atoms with Gasteiger partial charge in [-0.15, -0.1) is 0 Å². The van der Waals surface area contributed by atoms with Gasteiger partial charge in [-0.05, 0) is 73.1 Å². The fourth-order valence-corrected chi connectivity index (χ4v) is 3.95. The first kappa shape index (κ1) is 35.5. The number of hydrogen-bond acceptors (Lipinski definition) is 5. The van der Waals surface area contributed by atoms with Gasteiger partial charge < -0.3 is 29.4 Å². The van der Waals surface area contributed by atoms with Crippen LogP contribution in [-0.4, -0.2) is 36.0 Å². The van der Waals surface area contributed by atoms with Crippen LogP contribution in [0.15, 0.2) is 46.6 Å². The molecule has 0 saturated carbocycles. The Kier molecular flexibility index (Phi) is 18.5. The maximum atomic E-state index is 11.3. The van der Waals surface area contributed by atoms with Crippen LogP contribution in [0.5, 0.6) is 0 Å². The van der Waals surface area contributed by atoms with Crippen LogP contribution in [0.25, 0.3) is 0 Å². The summed E-state index contributed by atoms with van der Waals surface area (Å²) >= 11 is 0. The Morgan fingerprint density at radius 2 is 1.00 bits per heavy atom. The average Bonchev–Trinajstić information content (AvgIpc) is 2.57. The lowest BCUT2D eigenvalue weighted by Crippen LogP contribution is -1.94. The van der Waals surface area contributed by atoms with Crippen molar-refractivity contribution in [2.45, 2.75) is 73.1 Å². The standard InChI is InChI=1S/C20H36O7P2.H3O4P/c1-17(2)9-6-10-18(3)11-7-12-19(4)13-8-14-20(5)15-16-26-29(24,25)27-28(21,22)23;1-5(2,3)4/h9,11,13,15H,6-8,10,12,14,16H2,1-5H3,(H,24,25)(H2,21,22,23);(H3,1,2,3,4)/b18-11+,19-13+,20-15+;. The maximum absolute atomic E-state index is 11.3. The SMILES string of the molecule is CC(C)=CCC/C(C)=C/CC/C(C)=C/CC/C(C)=C/COP(=O)(O)OP(=O)(O)O.O=P(O)(O)O. The minimum atomic E-state index is -5.08. The van der Waals surface area contributed by atoms with Crippen LogP contribution in [-0.2, 0) is 22.5 Å². The van der Waals surface area contributed by atoms with E-state index in [1.165, 1.54) is 16.7 Å². The van der Waals surface area contributed by atoms with Crippen LogP contribution in [0.4, 0.5) is 0 Å². The summed E-state index contributed by atoms with van der Waals surface area (Å²) in [6.45, 7) is 10.1. The summed E-state index contributed by atoms with van der Waals surface area (Å²) in [6.07, 6.45) is 14.1. The highest BCUT2D eigenvalue weighted by atomic mass is 31.3. The molecule has 0 aliphatic carbocycles. The fourth-order valence-electron chi connectivity index (χ4n) is 2.42. The van der Waals surface area contributed by atoms with E-state index in [0.29, 0.717) is 0 Å². The summed E-state index contributed by atoms with van der Waals surface area (Å²) in [6, 6.07) is 0. The first-order valence-corrected chi connectivity index (χ1v) is 15.0. The predicted molar refractivity (Wildman–Crippen MR) is 132 cm³/mol. The van der Waals surface area contributed by atoms with Crippen LogP contribution in [0.3, 0.4) is 0 Å². The van der Waals surface area contributed by atoms with Gasteiger partial charge in [-0.2, -0.15) is 4.31 Å². The van der Waals surface area contributed by atoms with Crippen molar-refractivity contribution in [3.05, 3.63) is 46.6 Å². The number of allylic oxidation sites excluding steroid dienone is 7. The molecule has 0 fully saturated rings. The summed E-state index contributed by atoms with van der Waals surface area (Å²) in [7, 11) is -14.5. The molecule has 0 aromatic heterocycles. The maximum Gasteiger partial charge on any atom is 0.481 e. The molecular weight excluding hydrogens is 509 g/mol. The molecule has 0 heterocycles. The van der Waals surface area contributed by atoms with Gasteiger partial charge in [-0.1, -0.05) is 46.6 Å². The molecule has 1 atom stereocenters. The zero-order chi connectivity index (χ0) is 27.0. The lowest BCUT2D eigenvalue weighted by Gasteiger charge is -2.11. The Morgan fingerprint density at radius 3 is 1.35 bits per heavy atom. The van der Waals surface area contributed by atoms with E-state index in [1.54, 1.807) is 6.08 Å². The molecule has 0 amide bonds. The van der Waals surface area contributed by atoms with Crippen molar-refractivity contribution in [1.82, 2.24) is 0 Å². The van der Waals surface area contributed by atoms with Crippen molar-refractivity contribution in [1.29, 1.82) is 0 Å². The van der Waals surface area contributed by atoms with Crippen molar-refractivity contribution in [3.8, 4) is 0 Å². The fraction of sp³-hybridized carbons (Fsp3) is 0.600. The Hall–Kier alpha value is -0.670. The second-order valence-electron chi connectivity index (χ2n) is 7.90. The van der Waals surface area contributed by atoms with Crippen LogP contribution >= 0.6 is 23.5 Å². The first-order chi connectivity index (χ1) is 15.3. The van der Waals surface area contributed by atoms with E-state index in [-0.39, 0.29) is 6.61 Å². The highest BCUT2D eigenvalue weighted by molar-refractivity contribution is 7.60. The van der Waals surface area contributed by atoms with Crippen molar-refractivity contribution in [3.63, 3.8) is 0 Å². The normalized spacial score (nSPS) is 15.3. The van der Waals surface area contributed by atoms with Gasteiger partial charge >= 0.3 is 23.5 Å². The van der Waals surface area contributed by atoms with E-state index in [4.69, 9.17) is 29.0 Å². The summed E-state index contributed by atoms with van der Waals surface area (Å²) in [5, 5.41) is 0. The second kappa shape index (κ2) is 17.7. The zero-order valence-electron chi connectivity index (χ0n) is 20.3. The van der Waals surface area contributed by atoms with Gasteiger partial charge in [0.2, 0.25) is 0 Å². The van der Waals surface area contributed by atoms with Crippen molar-refractivity contribution >= 4 is 23.5 Å². The summed E-state index contributed by atoms with van der Waals surface area (Å²) < 4.78 is 39.0. The van der Waals surface area contributed by atoms with E-state index >= 15 is 0 Å². The minimum absolute atomic E-state index is 0.265. The van der Waals surface area contributed by atoms with Gasteiger partial charge in [0.1, 0.15) is 0 Å². The third kappa shape index (κ3) is 31.3. The molecule has 14 heteroatoms. The molecule has 0 radical (unpaired) electrons. The summed E-state index contributed by atoms with van der Waals surface area (Å²) in [4.78, 5) is 47.8.